The van der Waals surface area contributed by atoms with Crippen LogP contribution in [0.1, 0.15) is 42.9 Å². The second kappa shape index (κ2) is 17.6. The first-order valence-corrected chi connectivity index (χ1v) is 16.6. The largest absolute Gasteiger partial charge is 0.343 e. The van der Waals surface area contributed by atoms with Crippen molar-refractivity contribution in [1.82, 2.24) is 25.3 Å². The highest BCUT2D eigenvalue weighted by atomic mass is 16.2. The summed E-state index contributed by atoms with van der Waals surface area (Å²) in [6.45, 7) is 3.47. The van der Waals surface area contributed by atoms with Crippen molar-refractivity contribution in [2.75, 3.05) is 40.8 Å². The number of likely N-dealkylation sites (tertiary alicyclic amines) is 1. The van der Waals surface area contributed by atoms with Gasteiger partial charge in [-0.3, -0.25) is 19.3 Å². The molecule has 2 N–H and O–H groups in total. The van der Waals surface area contributed by atoms with Gasteiger partial charge in [-0.05, 0) is 83.3 Å². The van der Waals surface area contributed by atoms with E-state index >= 15 is 0 Å². The topological polar surface area (TPSA) is 85.0 Å². The molecule has 0 unspecified atom stereocenters. The number of nitrogens with one attached hydrogen (secondary N) is 2. The number of likely N-dealkylation sites (N-methyl/N-ethyl adjacent to an activating group) is 2. The molecule has 0 spiro atoms. The summed E-state index contributed by atoms with van der Waals surface area (Å²) in [4.78, 5) is 47.3. The van der Waals surface area contributed by atoms with Gasteiger partial charge < -0.3 is 20.4 Å². The fraction of sp³-hybridized carbons (Fsp3) is 0.447. The number of amides is 3. The zero-order chi connectivity index (χ0) is 32.9. The van der Waals surface area contributed by atoms with Crippen molar-refractivity contribution in [3.63, 3.8) is 0 Å². The Kier molecular flexibility index (Phi) is 13.4. The number of nitrogens with zero attached hydrogens (tertiary/aromatic N) is 3. The summed E-state index contributed by atoms with van der Waals surface area (Å²) in [6, 6.07) is 28.8. The predicted molar refractivity (Wildman–Crippen MR) is 184 cm³/mol. The fourth-order valence-electron chi connectivity index (χ4n) is 6.09. The molecule has 0 aliphatic carbocycles. The van der Waals surface area contributed by atoms with Crippen LogP contribution >= 0.6 is 0 Å². The Bertz CT molecular complexity index is 1370. The lowest BCUT2D eigenvalue weighted by atomic mass is 10.0. The number of hydrogen-bond acceptors (Lipinski definition) is 5. The van der Waals surface area contributed by atoms with E-state index in [9.17, 15) is 14.4 Å². The molecule has 1 heterocycles. The quantitative estimate of drug-likeness (QED) is 0.252. The van der Waals surface area contributed by atoms with Crippen LogP contribution in [0.5, 0.6) is 0 Å². The number of carbonyl (C=O) groups is 3. The third-order valence-electron chi connectivity index (χ3n) is 9.18. The van der Waals surface area contributed by atoms with Crippen molar-refractivity contribution in [3.8, 4) is 0 Å². The maximum Gasteiger partial charge on any atom is 0.245 e. The van der Waals surface area contributed by atoms with Crippen molar-refractivity contribution in [2.45, 2.75) is 69.6 Å². The fourth-order valence-corrected chi connectivity index (χ4v) is 6.09. The van der Waals surface area contributed by atoms with Crippen LogP contribution in [0.2, 0.25) is 0 Å². The van der Waals surface area contributed by atoms with E-state index in [1.54, 1.807) is 0 Å². The van der Waals surface area contributed by atoms with Crippen LogP contribution in [0.4, 0.5) is 0 Å². The van der Waals surface area contributed by atoms with Crippen LogP contribution in [-0.4, -0.2) is 97.4 Å². The van der Waals surface area contributed by atoms with E-state index in [4.69, 9.17) is 0 Å². The molecule has 3 aromatic carbocycles. The lowest BCUT2D eigenvalue weighted by Gasteiger charge is -2.35. The molecular formula is C38H51N5O3. The molecular weight excluding hydrogens is 574 g/mol. The zero-order valence-corrected chi connectivity index (χ0v) is 27.9. The summed E-state index contributed by atoms with van der Waals surface area (Å²) >= 11 is 0. The van der Waals surface area contributed by atoms with Gasteiger partial charge in [0, 0.05) is 25.7 Å². The molecule has 3 aromatic rings. The van der Waals surface area contributed by atoms with E-state index in [1.807, 2.05) is 122 Å². The number of rotatable bonds is 16. The van der Waals surface area contributed by atoms with Crippen LogP contribution in [0.3, 0.4) is 0 Å². The van der Waals surface area contributed by atoms with Gasteiger partial charge in [0.05, 0.1) is 12.1 Å². The number of hydrogen-bond donors (Lipinski definition) is 2. The van der Waals surface area contributed by atoms with E-state index in [-0.39, 0.29) is 35.8 Å². The van der Waals surface area contributed by atoms with E-state index in [0.29, 0.717) is 38.9 Å². The van der Waals surface area contributed by atoms with Crippen LogP contribution in [0, 0.1) is 0 Å². The van der Waals surface area contributed by atoms with Gasteiger partial charge >= 0.3 is 0 Å². The van der Waals surface area contributed by atoms with E-state index in [1.165, 1.54) is 5.56 Å². The van der Waals surface area contributed by atoms with Gasteiger partial charge in [0.2, 0.25) is 17.7 Å². The predicted octanol–water partition coefficient (Wildman–Crippen LogP) is 3.95. The number of aryl methyl sites for hydroxylation is 1. The molecule has 4 rings (SSSR count). The molecule has 4 atom stereocenters. The highest BCUT2D eigenvalue weighted by Crippen LogP contribution is 2.22. The van der Waals surface area contributed by atoms with Gasteiger partial charge in [0.1, 0.15) is 6.04 Å². The van der Waals surface area contributed by atoms with Crippen LogP contribution < -0.4 is 10.6 Å². The molecule has 0 bridgehead atoms. The van der Waals surface area contributed by atoms with Crippen LogP contribution in [-0.2, 0) is 33.6 Å². The lowest BCUT2D eigenvalue weighted by molar-refractivity contribution is -0.140. The minimum atomic E-state index is -0.646. The molecule has 8 nitrogen and oxygen atoms in total. The van der Waals surface area contributed by atoms with Crippen LogP contribution in [0.15, 0.2) is 91.0 Å². The first kappa shape index (κ1) is 34.9. The monoisotopic (exact) mass is 625 g/mol. The summed E-state index contributed by atoms with van der Waals surface area (Å²) in [6.07, 6.45) is 4.18. The van der Waals surface area contributed by atoms with Gasteiger partial charge in [-0.25, -0.2) is 0 Å². The van der Waals surface area contributed by atoms with Gasteiger partial charge in [-0.2, -0.15) is 0 Å². The second-order valence-electron chi connectivity index (χ2n) is 12.6. The number of benzene rings is 3. The van der Waals surface area contributed by atoms with Gasteiger partial charge in [0.25, 0.3) is 0 Å². The summed E-state index contributed by atoms with van der Waals surface area (Å²) in [7, 11) is 5.55. The Morgan fingerprint density at radius 3 is 1.96 bits per heavy atom. The van der Waals surface area contributed by atoms with Gasteiger partial charge in [-0.15, -0.1) is 0 Å². The minimum absolute atomic E-state index is 0.0373. The SMILES string of the molecule is CN[C@H](Cc1ccccc1)C(=O)N(CCc1ccccc1)C[C@@H]1CCCN1C(=O)[C@H](CCc1ccccc1)NC(=O)[C@H](C)N(C)C. The molecule has 0 aromatic heterocycles. The molecule has 1 fully saturated rings. The van der Waals surface area contributed by atoms with Crippen molar-refractivity contribution in [3.05, 3.63) is 108 Å². The molecule has 8 heteroatoms. The summed E-state index contributed by atoms with van der Waals surface area (Å²) in [5, 5.41) is 6.34. The lowest BCUT2D eigenvalue weighted by Crippen LogP contribution is -2.56. The highest BCUT2D eigenvalue weighted by molar-refractivity contribution is 5.90. The molecule has 0 saturated carbocycles. The summed E-state index contributed by atoms with van der Waals surface area (Å²) in [5.41, 5.74) is 3.39. The Morgan fingerprint density at radius 1 is 0.826 bits per heavy atom. The average Bonchev–Trinajstić information content (AvgIpc) is 3.55. The molecule has 3 amide bonds. The zero-order valence-electron chi connectivity index (χ0n) is 27.9. The van der Waals surface area contributed by atoms with E-state index < -0.39 is 6.04 Å². The number of carbonyl (C=O) groups excluding carboxylic acids is 3. The maximum atomic E-state index is 14.2. The third-order valence-corrected chi connectivity index (χ3v) is 9.18. The Morgan fingerprint density at radius 2 is 1.39 bits per heavy atom. The van der Waals surface area contributed by atoms with E-state index in [0.717, 1.165) is 30.4 Å². The van der Waals surface area contributed by atoms with Crippen molar-refractivity contribution in [2.24, 2.45) is 0 Å². The Balaban J connectivity index is 1.53. The molecule has 246 valence electrons. The second-order valence-corrected chi connectivity index (χ2v) is 12.6. The molecule has 1 aliphatic rings. The first-order chi connectivity index (χ1) is 22.3. The van der Waals surface area contributed by atoms with E-state index in [2.05, 4.69) is 22.8 Å². The average molecular weight is 626 g/mol. The highest BCUT2D eigenvalue weighted by Gasteiger charge is 2.36. The Hall–Kier alpha value is -4.01. The molecule has 1 aliphatic heterocycles. The Labute approximate surface area is 275 Å². The summed E-state index contributed by atoms with van der Waals surface area (Å²) < 4.78 is 0. The normalized spacial score (nSPS) is 16.5. The van der Waals surface area contributed by atoms with Gasteiger partial charge in [-0.1, -0.05) is 91.0 Å². The third kappa shape index (κ3) is 9.99. The summed E-state index contributed by atoms with van der Waals surface area (Å²) in [5.74, 6) is -0.192. The maximum absolute atomic E-state index is 14.2. The van der Waals surface area contributed by atoms with Gasteiger partial charge in [0.15, 0.2) is 0 Å². The first-order valence-electron chi connectivity index (χ1n) is 16.6. The molecule has 46 heavy (non-hydrogen) atoms. The van der Waals surface area contributed by atoms with Crippen molar-refractivity contribution in [1.29, 1.82) is 0 Å². The minimum Gasteiger partial charge on any atom is -0.343 e. The standard InChI is InChI=1S/C38H51N5O3/c1-29(41(3)4)36(44)40-34(23-22-30-15-8-5-9-16-30)38(46)43-25-14-21-33(43)28-42(26-24-31-17-10-6-11-18-31)37(45)35(39-2)27-32-19-12-7-13-20-32/h5-13,15-20,29,33-35,39H,14,21-28H2,1-4H3,(H,40,44)/t29-,33-,34-,35+/m0/s1. The molecule has 1 saturated heterocycles. The van der Waals surface area contributed by atoms with Crippen molar-refractivity contribution >= 4 is 17.7 Å². The van der Waals surface area contributed by atoms with Crippen molar-refractivity contribution < 1.29 is 14.4 Å². The van der Waals surface area contributed by atoms with Crippen LogP contribution in [0.25, 0.3) is 0 Å². The molecule has 0 radical (unpaired) electrons. The smallest absolute Gasteiger partial charge is 0.245 e.